The number of hydrogen-bond donors (Lipinski definition) is 0. The van der Waals surface area contributed by atoms with Gasteiger partial charge in [-0.15, -0.1) is 0 Å². The molecule has 0 unspecified atom stereocenters. The monoisotopic (exact) mass is 224 g/mol. The molecule has 0 radical (unpaired) electrons. The second kappa shape index (κ2) is 6.43. The van der Waals surface area contributed by atoms with Crippen molar-refractivity contribution in [3.63, 3.8) is 0 Å². The largest absolute Gasteiger partial charge is 0.385 e. The predicted octanol–water partition coefficient (Wildman–Crippen LogP) is 1.86. The summed E-state index contributed by atoms with van der Waals surface area (Å²) in [5, 5.41) is 4.47. The molecular weight excluding hydrogens is 204 g/mol. The molecule has 1 rings (SSSR count). The number of hydrogen-bond acceptors (Lipinski definition) is 3. The molecular formula is C12H20N2O2. The molecule has 4 heteroatoms. The Hall–Kier alpha value is -1.16. The number of carbonyl (C=O) groups is 1. The minimum atomic E-state index is 0.723. The number of carbonyl (C=O) groups excluding carboxylic acids is 1. The van der Waals surface area contributed by atoms with E-state index < -0.39 is 0 Å². The zero-order valence-corrected chi connectivity index (χ0v) is 10.3. The summed E-state index contributed by atoms with van der Waals surface area (Å²) in [4.78, 5) is 11.0. The van der Waals surface area contributed by atoms with E-state index in [1.54, 1.807) is 7.11 Å². The van der Waals surface area contributed by atoms with Gasteiger partial charge in [0.25, 0.3) is 0 Å². The Morgan fingerprint density at radius 2 is 2.12 bits per heavy atom. The van der Waals surface area contributed by atoms with E-state index in [0.29, 0.717) is 0 Å². The Morgan fingerprint density at radius 3 is 2.62 bits per heavy atom. The molecule has 0 fully saturated rings. The zero-order valence-electron chi connectivity index (χ0n) is 10.3. The van der Waals surface area contributed by atoms with Crippen LogP contribution in [0.3, 0.4) is 0 Å². The summed E-state index contributed by atoms with van der Waals surface area (Å²) >= 11 is 0. The van der Waals surface area contributed by atoms with Crippen LogP contribution in [-0.2, 0) is 24.1 Å². The average molecular weight is 224 g/mol. The first-order valence-electron chi connectivity index (χ1n) is 5.81. The van der Waals surface area contributed by atoms with Crippen molar-refractivity contribution < 1.29 is 9.53 Å². The van der Waals surface area contributed by atoms with Crippen molar-refractivity contribution >= 4 is 6.29 Å². The van der Waals surface area contributed by atoms with Gasteiger partial charge in [-0.2, -0.15) is 5.10 Å². The fourth-order valence-electron chi connectivity index (χ4n) is 1.88. The Morgan fingerprint density at radius 1 is 1.38 bits per heavy atom. The first-order chi connectivity index (χ1) is 7.78. The highest BCUT2D eigenvalue weighted by Crippen LogP contribution is 2.14. The van der Waals surface area contributed by atoms with Crippen molar-refractivity contribution in [2.24, 2.45) is 0 Å². The summed E-state index contributed by atoms with van der Waals surface area (Å²) in [6, 6.07) is 0. The van der Waals surface area contributed by atoms with Crippen LogP contribution in [0, 0.1) is 0 Å². The summed E-state index contributed by atoms with van der Waals surface area (Å²) in [5.41, 5.74) is 2.73. The number of methoxy groups -OCH3 is 1. The van der Waals surface area contributed by atoms with Crippen LogP contribution in [0.5, 0.6) is 0 Å². The molecule has 0 spiro atoms. The highest BCUT2D eigenvalue weighted by molar-refractivity contribution is 5.78. The number of nitrogens with zero attached hydrogens (tertiary/aromatic N) is 2. The molecule has 0 aliphatic rings. The first-order valence-corrected chi connectivity index (χ1v) is 5.81. The van der Waals surface area contributed by atoms with Gasteiger partial charge in [0.1, 0.15) is 0 Å². The van der Waals surface area contributed by atoms with E-state index in [1.165, 1.54) is 0 Å². The lowest BCUT2D eigenvalue weighted by atomic mass is 10.1. The maximum Gasteiger partial charge on any atom is 0.153 e. The van der Waals surface area contributed by atoms with Gasteiger partial charge < -0.3 is 4.74 Å². The summed E-state index contributed by atoms with van der Waals surface area (Å²) in [5.74, 6) is 0. The van der Waals surface area contributed by atoms with Gasteiger partial charge >= 0.3 is 0 Å². The third kappa shape index (κ3) is 2.70. The molecule has 0 saturated carbocycles. The number of aromatic nitrogens is 2. The molecule has 1 aromatic heterocycles. The molecule has 1 heterocycles. The number of rotatable bonds is 7. The predicted molar refractivity (Wildman–Crippen MR) is 62.9 cm³/mol. The van der Waals surface area contributed by atoms with Gasteiger partial charge in [0.2, 0.25) is 0 Å². The van der Waals surface area contributed by atoms with Crippen molar-refractivity contribution in [3.05, 3.63) is 17.0 Å². The van der Waals surface area contributed by atoms with Crippen molar-refractivity contribution in [2.75, 3.05) is 13.7 Å². The minimum absolute atomic E-state index is 0.723. The smallest absolute Gasteiger partial charge is 0.153 e. The van der Waals surface area contributed by atoms with Crippen molar-refractivity contribution in [3.8, 4) is 0 Å². The summed E-state index contributed by atoms with van der Waals surface area (Å²) in [6.45, 7) is 5.61. The maximum absolute atomic E-state index is 11.0. The maximum atomic E-state index is 11.0. The van der Waals surface area contributed by atoms with Gasteiger partial charge in [-0.3, -0.25) is 9.48 Å². The van der Waals surface area contributed by atoms with Crippen molar-refractivity contribution in [1.82, 2.24) is 9.78 Å². The molecule has 0 aromatic carbocycles. The Labute approximate surface area is 96.6 Å². The first kappa shape index (κ1) is 12.9. The van der Waals surface area contributed by atoms with Crippen molar-refractivity contribution in [2.45, 2.75) is 39.7 Å². The van der Waals surface area contributed by atoms with Gasteiger partial charge in [0.05, 0.1) is 11.3 Å². The Balaban J connectivity index is 2.90. The van der Waals surface area contributed by atoms with Crippen LogP contribution >= 0.6 is 0 Å². The highest BCUT2D eigenvalue weighted by Gasteiger charge is 2.14. The highest BCUT2D eigenvalue weighted by atomic mass is 16.5. The van der Waals surface area contributed by atoms with E-state index in [4.69, 9.17) is 4.74 Å². The zero-order chi connectivity index (χ0) is 12.0. The van der Waals surface area contributed by atoms with Gasteiger partial charge in [-0.05, 0) is 19.3 Å². The fraction of sp³-hybridized carbons (Fsp3) is 0.667. The molecule has 0 N–H and O–H groups in total. The third-order valence-electron chi connectivity index (χ3n) is 2.68. The molecule has 0 aliphatic carbocycles. The molecule has 90 valence electrons. The van der Waals surface area contributed by atoms with Crippen LogP contribution in [0.15, 0.2) is 0 Å². The van der Waals surface area contributed by atoms with Crippen LogP contribution in [0.25, 0.3) is 0 Å². The van der Waals surface area contributed by atoms with Gasteiger partial charge in [0.15, 0.2) is 6.29 Å². The van der Waals surface area contributed by atoms with Gasteiger partial charge in [0, 0.05) is 26.0 Å². The van der Waals surface area contributed by atoms with Crippen LogP contribution in [0.2, 0.25) is 0 Å². The van der Waals surface area contributed by atoms with Crippen LogP contribution in [-0.4, -0.2) is 29.8 Å². The lowest BCUT2D eigenvalue weighted by Gasteiger charge is -2.05. The second-order valence-electron chi connectivity index (χ2n) is 3.70. The Kier molecular flexibility index (Phi) is 5.19. The standard InChI is InChI=1S/C12H20N2O2/c1-4-11-10(9-15)12(5-2)14(13-11)7-6-8-16-3/h9H,4-8H2,1-3H3. The van der Waals surface area contributed by atoms with Crippen LogP contribution in [0.1, 0.15) is 42.0 Å². The lowest BCUT2D eigenvalue weighted by molar-refractivity contribution is 0.112. The van der Waals surface area contributed by atoms with E-state index in [0.717, 1.165) is 55.7 Å². The van der Waals surface area contributed by atoms with E-state index in [1.807, 2.05) is 11.6 Å². The molecule has 0 aliphatic heterocycles. The van der Waals surface area contributed by atoms with Crippen molar-refractivity contribution in [1.29, 1.82) is 0 Å². The summed E-state index contributed by atoms with van der Waals surface area (Å²) in [6.07, 6.45) is 3.50. The van der Waals surface area contributed by atoms with E-state index in [9.17, 15) is 4.79 Å². The lowest BCUT2D eigenvalue weighted by Crippen LogP contribution is -2.07. The quantitative estimate of drug-likeness (QED) is 0.524. The summed E-state index contributed by atoms with van der Waals surface area (Å²) in [7, 11) is 1.69. The molecule has 0 bridgehead atoms. The molecule has 1 aromatic rings. The molecule has 0 saturated heterocycles. The average Bonchev–Trinajstić information content (AvgIpc) is 2.66. The van der Waals surface area contributed by atoms with E-state index in [2.05, 4.69) is 12.0 Å². The number of aldehydes is 1. The van der Waals surface area contributed by atoms with Crippen LogP contribution < -0.4 is 0 Å². The van der Waals surface area contributed by atoms with Gasteiger partial charge in [-0.1, -0.05) is 13.8 Å². The normalized spacial score (nSPS) is 10.7. The van der Waals surface area contributed by atoms with Crippen LogP contribution in [0.4, 0.5) is 0 Å². The topological polar surface area (TPSA) is 44.1 Å². The van der Waals surface area contributed by atoms with E-state index in [-0.39, 0.29) is 0 Å². The number of aryl methyl sites for hydroxylation is 2. The minimum Gasteiger partial charge on any atom is -0.385 e. The third-order valence-corrected chi connectivity index (χ3v) is 2.68. The fourth-order valence-corrected chi connectivity index (χ4v) is 1.88. The molecule has 4 nitrogen and oxygen atoms in total. The molecule has 0 atom stereocenters. The molecule has 16 heavy (non-hydrogen) atoms. The van der Waals surface area contributed by atoms with E-state index >= 15 is 0 Å². The Bertz CT molecular complexity index is 345. The second-order valence-corrected chi connectivity index (χ2v) is 3.70. The van der Waals surface area contributed by atoms with Gasteiger partial charge in [-0.25, -0.2) is 0 Å². The number of ether oxygens (including phenoxy) is 1. The molecule has 0 amide bonds. The summed E-state index contributed by atoms with van der Waals surface area (Å²) < 4.78 is 6.96. The SMILES string of the molecule is CCc1nn(CCCOC)c(CC)c1C=O.